The molecular weight excluding hydrogens is 434 g/mol. The molecule has 0 atom stereocenters. The van der Waals surface area contributed by atoms with Crippen molar-refractivity contribution in [2.24, 2.45) is 0 Å². The molecule has 152 valence electrons. The minimum atomic E-state index is 0.187. The summed E-state index contributed by atoms with van der Waals surface area (Å²) in [7, 11) is 0. The summed E-state index contributed by atoms with van der Waals surface area (Å²) in [5, 5.41) is 2.78. The molecule has 0 unspecified atom stereocenters. The van der Waals surface area contributed by atoms with Crippen molar-refractivity contribution in [1.82, 2.24) is 15.0 Å². The largest absolute Gasteiger partial charge is 0.226 e. The molecule has 0 aliphatic heterocycles. The van der Waals surface area contributed by atoms with E-state index in [9.17, 15) is 0 Å². The summed E-state index contributed by atoms with van der Waals surface area (Å²) in [6.45, 7) is 0. The van der Waals surface area contributed by atoms with Crippen LogP contribution in [0.4, 0.5) is 0 Å². The van der Waals surface area contributed by atoms with Gasteiger partial charge in [-0.2, -0.15) is 9.97 Å². The molecule has 0 radical (unpaired) electrons. The van der Waals surface area contributed by atoms with Crippen LogP contribution in [0.3, 0.4) is 0 Å². The monoisotopic (exact) mass is 449 g/mol. The van der Waals surface area contributed by atoms with Crippen molar-refractivity contribution in [2.45, 2.75) is 0 Å². The summed E-state index contributed by atoms with van der Waals surface area (Å²) in [6, 6.07) is 33.2. The van der Waals surface area contributed by atoms with Crippen molar-refractivity contribution >= 4 is 43.1 Å². The topological polar surface area (TPSA) is 38.7 Å². The number of benzene rings is 4. The zero-order valence-corrected chi connectivity index (χ0v) is 18.4. The summed E-state index contributed by atoms with van der Waals surface area (Å²) in [6.07, 6.45) is 0. The molecule has 5 heteroatoms. The van der Waals surface area contributed by atoms with Gasteiger partial charge < -0.3 is 0 Å². The summed E-state index contributed by atoms with van der Waals surface area (Å²) >= 11 is 8.05. The smallest absolute Gasteiger partial charge is 0.208 e. The van der Waals surface area contributed by atoms with Gasteiger partial charge in [0.1, 0.15) is 0 Å². The number of hydrogen-bond acceptors (Lipinski definition) is 4. The third-order valence-corrected chi connectivity index (χ3v) is 6.80. The summed E-state index contributed by atoms with van der Waals surface area (Å²) in [5.41, 5.74) is 4.19. The summed E-state index contributed by atoms with van der Waals surface area (Å²) in [5.74, 6) is 1.13. The Morgan fingerprint density at radius 1 is 0.531 bits per heavy atom. The van der Waals surface area contributed by atoms with E-state index in [0.717, 1.165) is 16.7 Å². The van der Waals surface area contributed by atoms with Gasteiger partial charge in [0.25, 0.3) is 0 Å². The molecule has 0 bridgehead atoms. The van der Waals surface area contributed by atoms with Crippen LogP contribution in [0.1, 0.15) is 0 Å². The van der Waals surface area contributed by atoms with Crippen molar-refractivity contribution in [2.75, 3.05) is 0 Å². The van der Waals surface area contributed by atoms with E-state index in [1.54, 1.807) is 0 Å². The predicted molar refractivity (Wildman–Crippen MR) is 134 cm³/mol. The highest BCUT2D eigenvalue weighted by molar-refractivity contribution is 7.25. The highest BCUT2D eigenvalue weighted by Gasteiger charge is 2.12. The number of rotatable bonds is 3. The first-order valence-corrected chi connectivity index (χ1v) is 11.4. The first-order valence-electron chi connectivity index (χ1n) is 10.2. The molecule has 0 N–H and O–H groups in total. The van der Waals surface area contributed by atoms with Gasteiger partial charge in [-0.25, -0.2) is 4.98 Å². The van der Waals surface area contributed by atoms with E-state index in [1.807, 2.05) is 53.8 Å². The molecule has 2 heterocycles. The number of fused-ring (bicyclic) bond motifs is 3. The van der Waals surface area contributed by atoms with Gasteiger partial charge in [0.15, 0.2) is 11.6 Å². The maximum absolute atomic E-state index is 6.22. The van der Waals surface area contributed by atoms with Crippen LogP contribution in [0.5, 0.6) is 0 Å². The Labute approximate surface area is 194 Å². The van der Waals surface area contributed by atoms with Crippen molar-refractivity contribution < 1.29 is 0 Å². The average molecular weight is 450 g/mol. The van der Waals surface area contributed by atoms with Gasteiger partial charge in [0.2, 0.25) is 5.28 Å². The van der Waals surface area contributed by atoms with Crippen LogP contribution in [0.2, 0.25) is 5.28 Å². The third-order valence-electron chi connectivity index (χ3n) is 5.50. The number of nitrogens with zero attached hydrogens (tertiary/aromatic N) is 3. The zero-order valence-electron chi connectivity index (χ0n) is 16.9. The molecule has 3 nitrogen and oxygen atoms in total. The second-order valence-corrected chi connectivity index (χ2v) is 8.89. The highest BCUT2D eigenvalue weighted by atomic mass is 35.5. The molecule has 0 amide bonds. The Hall–Kier alpha value is -3.60. The Balaban J connectivity index is 1.44. The predicted octanol–water partition coefficient (Wildman–Crippen LogP) is 7.89. The Morgan fingerprint density at radius 3 is 1.94 bits per heavy atom. The second-order valence-electron chi connectivity index (χ2n) is 7.47. The fourth-order valence-corrected chi connectivity index (χ4v) is 5.30. The minimum absolute atomic E-state index is 0.187. The highest BCUT2D eigenvalue weighted by Crippen LogP contribution is 2.40. The van der Waals surface area contributed by atoms with E-state index in [0.29, 0.717) is 11.6 Å². The zero-order chi connectivity index (χ0) is 21.5. The van der Waals surface area contributed by atoms with Crippen molar-refractivity contribution in [1.29, 1.82) is 0 Å². The Kier molecular flexibility index (Phi) is 4.67. The third kappa shape index (κ3) is 3.34. The SMILES string of the molecule is Clc1nc(-c2ccccc2)nc(-c2ccc(-c3cccc4sc5ccccc5c34)cc2)n1. The van der Waals surface area contributed by atoms with Gasteiger partial charge in [0.05, 0.1) is 0 Å². The van der Waals surface area contributed by atoms with E-state index in [4.69, 9.17) is 11.6 Å². The number of thiophene rings is 1. The van der Waals surface area contributed by atoms with Gasteiger partial charge in [-0.1, -0.05) is 84.9 Å². The number of aromatic nitrogens is 3. The molecule has 4 aromatic carbocycles. The average Bonchev–Trinajstić information content (AvgIpc) is 3.23. The van der Waals surface area contributed by atoms with Crippen LogP contribution in [0.15, 0.2) is 97.1 Å². The fraction of sp³-hybridized carbons (Fsp3) is 0. The van der Waals surface area contributed by atoms with Crippen molar-refractivity contribution in [3.05, 3.63) is 102 Å². The van der Waals surface area contributed by atoms with Crippen LogP contribution in [0, 0.1) is 0 Å². The molecule has 6 aromatic rings. The van der Waals surface area contributed by atoms with Crippen LogP contribution in [-0.2, 0) is 0 Å². The van der Waals surface area contributed by atoms with E-state index in [-0.39, 0.29) is 5.28 Å². The van der Waals surface area contributed by atoms with Gasteiger partial charge >= 0.3 is 0 Å². The Bertz CT molecular complexity index is 1570. The van der Waals surface area contributed by atoms with E-state index < -0.39 is 0 Å². The molecule has 2 aromatic heterocycles. The van der Waals surface area contributed by atoms with Crippen molar-refractivity contribution in [3.63, 3.8) is 0 Å². The second kappa shape index (κ2) is 7.83. The lowest BCUT2D eigenvalue weighted by Crippen LogP contribution is -1.97. The van der Waals surface area contributed by atoms with Gasteiger partial charge in [-0.05, 0) is 34.9 Å². The lowest BCUT2D eigenvalue weighted by atomic mass is 9.98. The lowest BCUT2D eigenvalue weighted by Gasteiger charge is -2.08. The number of halogens is 1. The van der Waals surface area contributed by atoms with E-state index in [1.165, 1.54) is 25.7 Å². The normalized spacial score (nSPS) is 11.3. The summed E-state index contributed by atoms with van der Waals surface area (Å²) < 4.78 is 2.60. The molecule has 0 saturated carbocycles. The number of hydrogen-bond donors (Lipinski definition) is 0. The molecular formula is C27H16ClN3S. The van der Waals surface area contributed by atoms with Crippen LogP contribution < -0.4 is 0 Å². The molecule has 0 fully saturated rings. The standard InChI is InChI=1S/C27H16ClN3S/c28-27-30-25(18-7-2-1-3-8-18)29-26(31-27)19-15-13-17(14-16-19)20-10-6-12-23-24(20)21-9-4-5-11-22(21)32-23/h1-16H. The van der Waals surface area contributed by atoms with Gasteiger partial charge in [-0.3, -0.25) is 0 Å². The van der Waals surface area contributed by atoms with E-state index in [2.05, 4.69) is 69.5 Å². The fourth-order valence-electron chi connectivity index (χ4n) is 4.01. The first kappa shape index (κ1) is 19.1. The lowest BCUT2D eigenvalue weighted by molar-refractivity contribution is 1.07. The molecule has 0 saturated heterocycles. The summed E-state index contributed by atoms with van der Waals surface area (Å²) in [4.78, 5) is 13.3. The maximum atomic E-state index is 6.22. The molecule has 0 aliphatic rings. The first-order chi connectivity index (χ1) is 15.8. The van der Waals surface area contributed by atoms with Gasteiger partial charge in [0, 0.05) is 31.3 Å². The minimum Gasteiger partial charge on any atom is -0.208 e. The van der Waals surface area contributed by atoms with Crippen LogP contribution in [-0.4, -0.2) is 15.0 Å². The molecule has 0 spiro atoms. The van der Waals surface area contributed by atoms with Crippen molar-refractivity contribution in [3.8, 4) is 33.9 Å². The van der Waals surface area contributed by atoms with Crippen LogP contribution >= 0.6 is 22.9 Å². The maximum Gasteiger partial charge on any atom is 0.226 e. The Morgan fingerprint density at radius 2 is 1.16 bits per heavy atom. The quantitative estimate of drug-likeness (QED) is 0.275. The van der Waals surface area contributed by atoms with Crippen LogP contribution in [0.25, 0.3) is 54.1 Å². The molecule has 0 aliphatic carbocycles. The van der Waals surface area contributed by atoms with Gasteiger partial charge in [-0.15, -0.1) is 11.3 Å². The molecule has 32 heavy (non-hydrogen) atoms. The van der Waals surface area contributed by atoms with E-state index >= 15 is 0 Å². The molecule has 6 rings (SSSR count).